The van der Waals surface area contributed by atoms with E-state index in [1.807, 2.05) is 38.1 Å². The molecule has 5 heteroatoms. The predicted octanol–water partition coefficient (Wildman–Crippen LogP) is 3.90. The molecule has 3 rings (SSSR count). The van der Waals surface area contributed by atoms with Crippen LogP contribution < -0.4 is 5.32 Å². The third kappa shape index (κ3) is 3.63. The first-order chi connectivity index (χ1) is 11.0. The quantitative estimate of drug-likeness (QED) is 0.824. The maximum atomic E-state index is 12.1. The van der Waals surface area contributed by atoms with Crippen LogP contribution in [0.25, 0.3) is 6.08 Å². The van der Waals surface area contributed by atoms with E-state index in [-0.39, 0.29) is 11.7 Å². The summed E-state index contributed by atoms with van der Waals surface area (Å²) in [5.74, 6) is -0.00516. The minimum atomic E-state index is -0.178. The normalized spacial score (nSPS) is 17.7. The van der Waals surface area contributed by atoms with Crippen LogP contribution in [-0.2, 0) is 4.79 Å². The van der Waals surface area contributed by atoms with Crippen LogP contribution in [0.5, 0.6) is 5.75 Å². The van der Waals surface area contributed by atoms with Gasteiger partial charge in [0.25, 0.3) is 5.91 Å². The highest BCUT2D eigenvalue weighted by atomic mass is 32.2. The Kier molecular flexibility index (Phi) is 4.21. The van der Waals surface area contributed by atoms with Gasteiger partial charge in [0.2, 0.25) is 0 Å². The first-order valence-corrected chi connectivity index (χ1v) is 7.99. The van der Waals surface area contributed by atoms with E-state index in [1.165, 1.54) is 11.8 Å². The molecule has 2 N–H and O–H groups in total. The van der Waals surface area contributed by atoms with E-state index in [2.05, 4.69) is 10.3 Å². The topological polar surface area (TPSA) is 61.7 Å². The van der Waals surface area contributed by atoms with Crippen molar-refractivity contribution in [2.24, 2.45) is 4.99 Å². The van der Waals surface area contributed by atoms with E-state index in [0.717, 1.165) is 22.4 Å². The highest BCUT2D eigenvalue weighted by Crippen LogP contribution is 2.29. The van der Waals surface area contributed by atoms with Gasteiger partial charge in [0, 0.05) is 0 Å². The molecule has 0 radical (unpaired) electrons. The van der Waals surface area contributed by atoms with Crippen LogP contribution in [0.1, 0.15) is 16.7 Å². The van der Waals surface area contributed by atoms with Gasteiger partial charge in [-0.1, -0.05) is 24.3 Å². The van der Waals surface area contributed by atoms with Crippen molar-refractivity contribution >= 4 is 34.6 Å². The largest absolute Gasteiger partial charge is 0.508 e. The summed E-state index contributed by atoms with van der Waals surface area (Å²) in [7, 11) is 0. The van der Waals surface area contributed by atoms with Gasteiger partial charge in [-0.25, -0.2) is 4.99 Å². The third-order valence-corrected chi connectivity index (χ3v) is 4.32. The summed E-state index contributed by atoms with van der Waals surface area (Å²) in [4.78, 5) is 17.2. The van der Waals surface area contributed by atoms with Crippen molar-refractivity contribution in [1.82, 2.24) is 5.32 Å². The Morgan fingerprint density at radius 1 is 1.17 bits per heavy atom. The molecule has 116 valence electrons. The molecule has 0 atom stereocenters. The van der Waals surface area contributed by atoms with Gasteiger partial charge in [-0.2, -0.15) is 0 Å². The van der Waals surface area contributed by atoms with Crippen LogP contribution in [0.2, 0.25) is 0 Å². The smallest absolute Gasteiger partial charge is 0.264 e. The van der Waals surface area contributed by atoms with E-state index in [4.69, 9.17) is 0 Å². The Bertz CT molecular complexity index is 841. The number of benzene rings is 2. The van der Waals surface area contributed by atoms with E-state index in [0.29, 0.717) is 10.1 Å². The number of carbonyl (C=O) groups is 1. The zero-order chi connectivity index (χ0) is 16.4. The van der Waals surface area contributed by atoms with Gasteiger partial charge in [0.1, 0.15) is 5.75 Å². The van der Waals surface area contributed by atoms with Crippen LogP contribution in [0.15, 0.2) is 52.4 Å². The van der Waals surface area contributed by atoms with Crippen LogP contribution >= 0.6 is 11.8 Å². The summed E-state index contributed by atoms with van der Waals surface area (Å²) in [6, 6.07) is 12.8. The number of nitrogens with zero attached hydrogens (tertiary/aromatic N) is 1. The van der Waals surface area contributed by atoms with E-state index in [1.54, 1.807) is 24.3 Å². The monoisotopic (exact) mass is 324 g/mol. The van der Waals surface area contributed by atoms with Crippen LogP contribution in [-0.4, -0.2) is 16.2 Å². The SMILES string of the molecule is Cc1ccc(C)c(N=C2NC(=O)/C(=C\c3cccc(O)c3)S2)c1. The molecule has 0 saturated carbocycles. The van der Waals surface area contributed by atoms with Crippen molar-refractivity contribution in [3.8, 4) is 5.75 Å². The predicted molar refractivity (Wildman–Crippen MR) is 94.8 cm³/mol. The number of nitrogens with one attached hydrogen (secondary N) is 1. The minimum absolute atomic E-state index is 0.173. The van der Waals surface area contributed by atoms with Gasteiger partial charge >= 0.3 is 0 Å². The molecule has 1 heterocycles. The number of aromatic hydroxyl groups is 1. The molecule has 0 bridgehead atoms. The Balaban J connectivity index is 1.87. The summed E-state index contributed by atoms with van der Waals surface area (Å²) in [6.45, 7) is 4.00. The molecule has 2 aromatic carbocycles. The highest BCUT2D eigenvalue weighted by Gasteiger charge is 2.23. The Morgan fingerprint density at radius 2 is 2.00 bits per heavy atom. The fourth-order valence-corrected chi connectivity index (χ4v) is 3.03. The number of hydrogen-bond donors (Lipinski definition) is 2. The van der Waals surface area contributed by atoms with Gasteiger partial charge in [-0.3, -0.25) is 4.79 Å². The summed E-state index contributed by atoms with van der Waals surface area (Å²) in [5, 5.41) is 12.8. The molecule has 1 aliphatic heterocycles. The fourth-order valence-electron chi connectivity index (χ4n) is 2.20. The zero-order valence-electron chi connectivity index (χ0n) is 12.8. The lowest BCUT2D eigenvalue weighted by molar-refractivity contribution is -0.115. The van der Waals surface area contributed by atoms with Crippen molar-refractivity contribution in [3.63, 3.8) is 0 Å². The molecule has 23 heavy (non-hydrogen) atoms. The molecule has 1 amide bonds. The molecule has 1 fully saturated rings. The summed E-state index contributed by atoms with van der Waals surface area (Å²) in [5.41, 5.74) is 3.81. The average Bonchev–Trinajstić information content (AvgIpc) is 2.83. The van der Waals surface area contributed by atoms with Crippen molar-refractivity contribution in [2.45, 2.75) is 13.8 Å². The number of carbonyl (C=O) groups excluding carboxylic acids is 1. The second kappa shape index (κ2) is 6.30. The van der Waals surface area contributed by atoms with Gasteiger partial charge in [-0.05, 0) is 66.6 Å². The molecule has 2 aromatic rings. The van der Waals surface area contributed by atoms with Crippen LogP contribution in [0, 0.1) is 13.8 Å². The lowest BCUT2D eigenvalue weighted by Gasteiger charge is -2.02. The zero-order valence-corrected chi connectivity index (χ0v) is 13.6. The molecule has 1 saturated heterocycles. The Hall–Kier alpha value is -2.53. The molecule has 0 aromatic heterocycles. The summed E-state index contributed by atoms with van der Waals surface area (Å²) >= 11 is 1.30. The highest BCUT2D eigenvalue weighted by molar-refractivity contribution is 8.18. The number of rotatable bonds is 2. The minimum Gasteiger partial charge on any atom is -0.508 e. The second-order valence-corrected chi connectivity index (χ2v) is 6.40. The molecular formula is C18H16N2O2S. The number of aliphatic imine (C=N–C) groups is 1. The van der Waals surface area contributed by atoms with Crippen molar-refractivity contribution in [2.75, 3.05) is 0 Å². The maximum absolute atomic E-state index is 12.1. The number of amidine groups is 1. The third-order valence-electron chi connectivity index (χ3n) is 3.41. The number of phenols is 1. The van der Waals surface area contributed by atoms with E-state index >= 15 is 0 Å². The number of amides is 1. The fraction of sp³-hybridized carbons (Fsp3) is 0.111. The van der Waals surface area contributed by atoms with Crippen molar-refractivity contribution in [3.05, 3.63) is 64.1 Å². The van der Waals surface area contributed by atoms with E-state index in [9.17, 15) is 9.90 Å². The Labute approximate surface area is 139 Å². The lowest BCUT2D eigenvalue weighted by Crippen LogP contribution is -2.19. The van der Waals surface area contributed by atoms with Gasteiger partial charge in [0.15, 0.2) is 5.17 Å². The molecule has 0 aliphatic carbocycles. The molecule has 0 unspecified atom stereocenters. The van der Waals surface area contributed by atoms with Crippen LogP contribution in [0.3, 0.4) is 0 Å². The first-order valence-electron chi connectivity index (χ1n) is 7.17. The molecule has 4 nitrogen and oxygen atoms in total. The van der Waals surface area contributed by atoms with Gasteiger partial charge in [0.05, 0.1) is 10.6 Å². The van der Waals surface area contributed by atoms with Gasteiger partial charge < -0.3 is 10.4 Å². The summed E-state index contributed by atoms with van der Waals surface area (Å²) < 4.78 is 0. The van der Waals surface area contributed by atoms with E-state index < -0.39 is 0 Å². The standard InChI is InChI=1S/C18H16N2O2S/c1-11-6-7-12(2)15(8-11)19-18-20-17(22)16(23-18)10-13-4-3-5-14(21)9-13/h3-10,21H,1-2H3,(H,19,20,22)/b16-10+. The van der Waals surface area contributed by atoms with Crippen LogP contribution in [0.4, 0.5) is 5.69 Å². The molecular weight excluding hydrogens is 308 g/mol. The number of aryl methyl sites for hydroxylation is 2. The van der Waals surface area contributed by atoms with Crippen molar-refractivity contribution in [1.29, 1.82) is 0 Å². The Morgan fingerprint density at radius 3 is 2.78 bits per heavy atom. The number of hydrogen-bond acceptors (Lipinski definition) is 4. The first kappa shape index (κ1) is 15.4. The summed E-state index contributed by atoms with van der Waals surface area (Å²) in [6.07, 6.45) is 1.74. The maximum Gasteiger partial charge on any atom is 0.264 e. The molecule has 1 aliphatic rings. The number of thioether (sulfide) groups is 1. The van der Waals surface area contributed by atoms with Crippen molar-refractivity contribution < 1.29 is 9.90 Å². The second-order valence-electron chi connectivity index (χ2n) is 5.37. The lowest BCUT2D eigenvalue weighted by atomic mass is 10.1. The average molecular weight is 324 g/mol. The molecule has 0 spiro atoms. The van der Waals surface area contributed by atoms with Gasteiger partial charge in [-0.15, -0.1) is 0 Å². The number of phenolic OH excluding ortho intramolecular Hbond substituents is 1.